The third-order valence-corrected chi connectivity index (χ3v) is 2.91. The first-order chi connectivity index (χ1) is 5.54. The third kappa shape index (κ3) is 4.37. The maximum absolute atomic E-state index is 10.5. The zero-order valence-electron chi connectivity index (χ0n) is 8.52. The number of hydrogen-bond donors (Lipinski definition) is 1. The molecule has 2 heteroatoms. The monoisotopic (exact) mass is 171 g/mol. The van der Waals surface area contributed by atoms with Crippen molar-refractivity contribution in [1.82, 2.24) is 0 Å². The zero-order chi connectivity index (χ0) is 9.61. The molecule has 0 bridgehead atoms. The Kier molecular flexibility index (Phi) is 4.95. The van der Waals surface area contributed by atoms with E-state index >= 15 is 0 Å². The van der Waals surface area contributed by atoms with Gasteiger partial charge in [-0.3, -0.25) is 4.79 Å². The van der Waals surface area contributed by atoms with E-state index in [2.05, 4.69) is 20.8 Å². The highest BCUT2D eigenvalue weighted by Gasteiger charge is 2.18. The second kappa shape index (κ2) is 5.18. The largest absolute Gasteiger partial charge is 0.370 e. The predicted octanol–water partition coefficient (Wildman–Crippen LogP) is 2.47. The second-order valence-electron chi connectivity index (χ2n) is 3.84. The summed E-state index contributed by atoms with van der Waals surface area (Å²) in [5, 5.41) is 0. The maximum atomic E-state index is 10.5. The highest BCUT2D eigenvalue weighted by atomic mass is 16.1. The fraction of sp³-hybridized carbons (Fsp3) is 0.900. The quantitative estimate of drug-likeness (QED) is 0.655. The van der Waals surface area contributed by atoms with Crippen LogP contribution in [-0.2, 0) is 4.79 Å². The summed E-state index contributed by atoms with van der Waals surface area (Å²) in [5.41, 5.74) is 5.48. The van der Waals surface area contributed by atoms with E-state index in [1.807, 2.05) is 0 Å². The van der Waals surface area contributed by atoms with Gasteiger partial charge in [0, 0.05) is 6.42 Å². The van der Waals surface area contributed by atoms with E-state index in [0.29, 0.717) is 11.8 Å². The Morgan fingerprint density at radius 1 is 1.33 bits per heavy atom. The molecule has 72 valence electrons. The Morgan fingerprint density at radius 2 is 1.83 bits per heavy atom. The van der Waals surface area contributed by atoms with Gasteiger partial charge in [0.2, 0.25) is 5.91 Å². The highest BCUT2D eigenvalue weighted by molar-refractivity contribution is 5.73. The van der Waals surface area contributed by atoms with E-state index in [9.17, 15) is 4.79 Å². The fourth-order valence-corrected chi connectivity index (χ4v) is 1.29. The number of hydrogen-bond acceptors (Lipinski definition) is 1. The van der Waals surface area contributed by atoms with E-state index in [0.717, 1.165) is 12.8 Å². The third-order valence-electron chi connectivity index (χ3n) is 2.91. The van der Waals surface area contributed by atoms with E-state index in [-0.39, 0.29) is 5.91 Å². The standard InChI is InChI=1S/C10H21NO/c1-4-10(3,5-2)8-6-7-9(11)12/h4-8H2,1-3H3,(H2,11,12). The molecule has 1 amide bonds. The van der Waals surface area contributed by atoms with Crippen molar-refractivity contribution < 1.29 is 4.79 Å². The molecule has 0 heterocycles. The number of carbonyl (C=O) groups is 1. The molecule has 12 heavy (non-hydrogen) atoms. The molecule has 2 N–H and O–H groups in total. The summed E-state index contributed by atoms with van der Waals surface area (Å²) in [7, 11) is 0. The van der Waals surface area contributed by atoms with Crippen LogP contribution < -0.4 is 5.73 Å². The van der Waals surface area contributed by atoms with Crippen molar-refractivity contribution in [3.05, 3.63) is 0 Å². The van der Waals surface area contributed by atoms with Gasteiger partial charge >= 0.3 is 0 Å². The first-order valence-corrected chi connectivity index (χ1v) is 4.82. The molecular weight excluding hydrogens is 150 g/mol. The predicted molar refractivity (Wildman–Crippen MR) is 51.7 cm³/mol. The van der Waals surface area contributed by atoms with Gasteiger partial charge in [-0.1, -0.05) is 33.6 Å². The minimum absolute atomic E-state index is 0.176. The molecule has 0 rings (SSSR count). The van der Waals surface area contributed by atoms with Crippen LogP contribution >= 0.6 is 0 Å². The Bertz CT molecular complexity index is 139. The highest BCUT2D eigenvalue weighted by Crippen LogP contribution is 2.31. The van der Waals surface area contributed by atoms with Crippen LogP contribution in [0.25, 0.3) is 0 Å². The summed E-state index contributed by atoms with van der Waals surface area (Å²) in [4.78, 5) is 10.5. The number of amides is 1. The molecule has 0 atom stereocenters. The SMILES string of the molecule is CCC(C)(CC)CCCC(N)=O. The molecule has 0 saturated carbocycles. The van der Waals surface area contributed by atoms with E-state index in [1.54, 1.807) is 0 Å². The summed E-state index contributed by atoms with van der Waals surface area (Å²) in [6.45, 7) is 6.68. The topological polar surface area (TPSA) is 43.1 Å². The lowest BCUT2D eigenvalue weighted by Crippen LogP contribution is -2.16. The Hall–Kier alpha value is -0.530. The van der Waals surface area contributed by atoms with Crippen LogP contribution in [0.4, 0.5) is 0 Å². The first-order valence-electron chi connectivity index (χ1n) is 4.82. The lowest BCUT2D eigenvalue weighted by molar-refractivity contribution is -0.118. The lowest BCUT2D eigenvalue weighted by Gasteiger charge is -2.26. The summed E-state index contributed by atoms with van der Waals surface area (Å²) in [6.07, 6.45) is 4.95. The maximum Gasteiger partial charge on any atom is 0.217 e. The van der Waals surface area contributed by atoms with Gasteiger partial charge in [-0.25, -0.2) is 0 Å². The van der Waals surface area contributed by atoms with E-state index < -0.39 is 0 Å². The van der Waals surface area contributed by atoms with Crippen molar-refractivity contribution in [3.8, 4) is 0 Å². The second-order valence-corrected chi connectivity index (χ2v) is 3.84. The summed E-state index contributed by atoms with van der Waals surface area (Å²) in [5.74, 6) is -0.176. The number of nitrogens with two attached hydrogens (primary N) is 1. The van der Waals surface area contributed by atoms with Crippen LogP contribution in [0.2, 0.25) is 0 Å². The number of rotatable bonds is 6. The minimum Gasteiger partial charge on any atom is -0.370 e. The lowest BCUT2D eigenvalue weighted by atomic mass is 9.80. The zero-order valence-corrected chi connectivity index (χ0v) is 8.52. The van der Waals surface area contributed by atoms with Crippen molar-refractivity contribution in [2.45, 2.75) is 52.9 Å². The summed E-state index contributed by atoms with van der Waals surface area (Å²) in [6, 6.07) is 0. The van der Waals surface area contributed by atoms with Crippen molar-refractivity contribution in [3.63, 3.8) is 0 Å². The van der Waals surface area contributed by atoms with Crippen LogP contribution in [0.1, 0.15) is 52.9 Å². The van der Waals surface area contributed by atoms with E-state index in [1.165, 1.54) is 12.8 Å². The van der Waals surface area contributed by atoms with Gasteiger partial charge < -0.3 is 5.73 Å². The van der Waals surface area contributed by atoms with Crippen molar-refractivity contribution >= 4 is 5.91 Å². The summed E-state index contributed by atoms with van der Waals surface area (Å²) >= 11 is 0. The van der Waals surface area contributed by atoms with Crippen molar-refractivity contribution in [2.75, 3.05) is 0 Å². The Labute approximate surface area is 75.5 Å². The molecule has 0 radical (unpaired) electrons. The molecule has 0 aliphatic carbocycles. The smallest absolute Gasteiger partial charge is 0.217 e. The van der Waals surface area contributed by atoms with Gasteiger partial charge in [-0.2, -0.15) is 0 Å². The molecule has 0 aliphatic heterocycles. The van der Waals surface area contributed by atoms with Gasteiger partial charge in [-0.15, -0.1) is 0 Å². The molecule has 0 aromatic heterocycles. The fourth-order valence-electron chi connectivity index (χ4n) is 1.29. The average Bonchev–Trinajstić information content (AvgIpc) is 2.03. The van der Waals surface area contributed by atoms with Crippen molar-refractivity contribution in [1.29, 1.82) is 0 Å². The summed E-state index contributed by atoms with van der Waals surface area (Å²) < 4.78 is 0. The normalized spacial score (nSPS) is 11.6. The molecule has 0 fully saturated rings. The van der Waals surface area contributed by atoms with Gasteiger partial charge in [-0.05, 0) is 18.3 Å². The molecule has 0 spiro atoms. The van der Waals surface area contributed by atoms with E-state index in [4.69, 9.17) is 5.73 Å². The van der Waals surface area contributed by atoms with Crippen LogP contribution in [0, 0.1) is 5.41 Å². The molecule has 0 aromatic rings. The van der Waals surface area contributed by atoms with Gasteiger partial charge in [0.25, 0.3) is 0 Å². The average molecular weight is 171 g/mol. The van der Waals surface area contributed by atoms with Gasteiger partial charge in [0.05, 0.1) is 0 Å². The Morgan fingerprint density at radius 3 is 2.17 bits per heavy atom. The van der Waals surface area contributed by atoms with Crippen LogP contribution in [0.3, 0.4) is 0 Å². The molecule has 0 unspecified atom stereocenters. The van der Waals surface area contributed by atoms with Crippen LogP contribution in [-0.4, -0.2) is 5.91 Å². The Balaban J connectivity index is 3.65. The van der Waals surface area contributed by atoms with Crippen molar-refractivity contribution in [2.24, 2.45) is 11.1 Å². The first kappa shape index (κ1) is 11.5. The molecule has 0 aliphatic rings. The number of primary amides is 1. The number of carbonyl (C=O) groups excluding carboxylic acids is 1. The van der Waals surface area contributed by atoms with Gasteiger partial charge in [0.15, 0.2) is 0 Å². The van der Waals surface area contributed by atoms with Gasteiger partial charge in [0.1, 0.15) is 0 Å². The minimum atomic E-state index is -0.176. The molecule has 2 nitrogen and oxygen atoms in total. The van der Waals surface area contributed by atoms with Crippen LogP contribution in [0.5, 0.6) is 0 Å². The molecule has 0 aromatic carbocycles. The molecular formula is C10H21NO. The molecule has 0 saturated heterocycles. The van der Waals surface area contributed by atoms with Crippen LogP contribution in [0.15, 0.2) is 0 Å².